The number of nitrogens with one attached hydrogen (secondary N) is 1. The molecule has 18 heavy (non-hydrogen) atoms. The van der Waals surface area contributed by atoms with Gasteiger partial charge in [-0.25, -0.2) is 0 Å². The molecule has 0 saturated carbocycles. The van der Waals surface area contributed by atoms with Crippen LogP contribution in [0.5, 0.6) is 0 Å². The molecular formula is C13H18ClN3O. The Hall–Kier alpha value is -1.26. The van der Waals surface area contributed by atoms with Crippen LogP contribution in [-0.2, 0) is 13.1 Å². The van der Waals surface area contributed by atoms with Crippen LogP contribution >= 0.6 is 11.6 Å². The lowest BCUT2D eigenvalue weighted by atomic mass is 10.2. The van der Waals surface area contributed by atoms with Crippen molar-refractivity contribution in [2.24, 2.45) is 0 Å². The highest BCUT2D eigenvalue weighted by Crippen LogP contribution is 2.16. The maximum Gasteiger partial charge on any atom is 0.125 e. The zero-order valence-corrected chi connectivity index (χ0v) is 11.5. The van der Waals surface area contributed by atoms with Crippen LogP contribution in [0.2, 0.25) is 5.02 Å². The molecule has 0 aliphatic rings. The van der Waals surface area contributed by atoms with Crippen molar-refractivity contribution in [3.8, 4) is 0 Å². The average molecular weight is 268 g/mol. The number of hydrogen-bond donors (Lipinski definition) is 1. The molecule has 1 N–H and O–H groups in total. The van der Waals surface area contributed by atoms with Gasteiger partial charge in [0.2, 0.25) is 0 Å². The van der Waals surface area contributed by atoms with Gasteiger partial charge in [0.25, 0.3) is 0 Å². The van der Waals surface area contributed by atoms with E-state index >= 15 is 0 Å². The normalized spacial score (nSPS) is 11.1. The van der Waals surface area contributed by atoms with E-state index < -0.39 is 0 Å². The monoisotopic (exact) mass is 267 g/mol. The average Bonchev–Trinajstić information content (AvgIpc) is 2.87. The van der Waals surface area contributed by atoms with Crippen molar-refractivity contribution in [3.05, 3.63) is 40.6 Å². The second-order valence-electron chi connectivity index (χ2n) is 4.33. The van der Waals surface area contributed by atoms with Crippen molar-refractivity contribution >= 4 is 11.6 Å². The van der Waals surface area contributed by atoms with Crippen LogP contribution < -0.4 is 5.32 Å². The van der Waals surface area contributed by atoms with Gasteiger partial charge in [-0.1, -0.05) is 18.5 Å². The molecular weight excluding hydrogens is 250 g/mol. The van der Waals surface area contributed by atoms with Crippen molar-refractivity contribution in [1.82, 2.24) is 15.1 Å². The zero-order valence-electron chi connectivity index (χ0n) is 10.7. The number of halogens is 1. The summed E-state index contributed by atoms with van der Waals surface area (Å²) in [6.45, 7) is 6.63. The Morgan fingerprint density at radius 1 is 1.50 bits per heavy atom. The predicted molar refractivity (Wildman–Crippen MR) is 71.8 cm³/mol. The zero-order chi connectivity index (χ0) is 13.0. The molecule has 0 radical (unpaired) electrons. The van der Waals surface area contributed by atoms with E-state index in [0.717, 1.165) is 31.0 Å². The van der Waals surface area contributed by atoms with E-state index in [2.05, 4.69) is 23.4 Å². The first-order chi connectivity index (χ1) is 8.69. The molecule has 98 valence electrons. The summed E-state index contributed by atoms with van der Waals surface area (Å²) in [5, 5.41) is 8.15. The van der Waals surface area contributed by atoms with Crippen LogP contribution in [-0.4, -0.2) is 16.3 Å². The summed E-state index contributed by atoms with van der Waals surface area (Å²) in [4.78, 5) is 0. The Morgan fingerprint density at radius 3 is 3.00 bits per heavy atom. The number of furan rings is 1. The van der Waals surface area contributed by atoms with Crippen LogP contribution in [0.1, 0.15) is 30.4 Å². The first-order valence-corrected chi connectivity index (χ1v) is 6.53. The van der Waals surface area contributed by atoms with E-state index in [4.69, 9.17) is 16.0 Å². The number of aryl methyl sites for hydroxylation is 1. The van der Waals surface area contributed by atoms with Gasteiger partial charge in [0, 0.05) is 18.3 Å². The predicted octanol–water partition coefficient (Wildman–Crippen LogP) is 2.99. The van der Waals surface area contributed by atoms with E-state index in [9.17, 15) is 0 Å². The lowest BCUT2D eigenvalue weighted by molar-refractivity contribution is 0.456. The molecule has 0 aliphatic carbocycles. The Balaban J connectivity index is 1.99. The maximum atomic E-state index is 5.82. The molecule has 2 rings (SSSR count). The minimum atomic E-state index is 0.612. The Bertz CT molecular complexity index is 504. The number of rotatable bonds is 6. The first-order valence-electron chi connectivity index (χ1n) is 6.16. The van der Waals surface area contributed by atoms with Gasteiger partial charge in [-0.2, -0.15) is 5.10 Å². The molecule has 0 amide bonds. The van der Waals surface area contributed by atoms with Gasteiger partial charge >= 0.3 is 0 Å². The Kier molecular flexibility index (Phi) is 4.44. The van der Waals surface area contributed by atoms with E-state index in [1.165, 1.54) is 5.56 Å². The third-order valence-corrected chi connectivity index (χ3v) is 2.93. The van der Waals surface area contributed by atoms with E-state index in [1.807, 2.05) is 6.92 Å². The molecule has 2 aromatic rings. The summed E-state index contributed by atoms with van der Waals surface area (Å²) in [6.07, 6.45) is 4.55. The standard InChI is InChI=1S/C13H18ClN3O/c1-3-4-15-6-11-5-13(18-10(11)2)9-17-8-12(14)7-16-17/h5,7-8,15H,3-4,6,9H2,1-2H3. The number of hydrogen-bond acceptors (Lipinski definition) is 3. The van der Waals surface area contributed by atoms with E-state index in [1.54, 1.807) is 17.1 Å². The number of nitrogens with zero attached hydrogens (tertiary/aromatic N) is 2. The van der Waals surface area contributed by atoms with Gasteiger partial charge in [0.15, 0.2) is 0 Å². The lowest BCUT2D eigenvalue weighted by Crippen LogP contribution is -2.13. The SMILES string of the molecule is CCCNCc1cc(Cn2cc(Cl)cn2)oc1C. The summed E-state index contributed by atoms with van der Waals surface area (Å²) >= 11 is 5.82. The van der Waals surface area contributed by atoms with Crippen molar-refractivity contribution in [2.45, 2.75) is 33.4 Å². The summed E-state index contributed by atoms with van der Waals surface area (Å²) in [7, 11) is 0. The van der Waals surface area contributed by atoms with Crippen LogP contribution in [0, 0.1) is 6.92 Å². The first kappa shape index (κ1) is 13.2. The Labute approximate surface area is 112 Å². The highest BCUT2D eigenvalue weighted by Gasteiger charge is 2.08. The smallest absolute Gasteiger partial charge is 0.125 e. The second-order valence-corrected chi connectivity index (χ2v) is 4.76. The molecule has 0 spiro atoms. The molecule has 2 heterocycles. The van der Waals surface area contributed by atoms with E-state index in [0.29, 0.717) is 11.6 Å². The molecule has 0 aromatic carbocycles. The van der Waals surface area contributed by atoms with Crippen molar-refractivity contribution < 1.29 is 4.42 Å². The fourth-order valence-corrected chi connectivity index (χ4v) is 1.98. The van der Waals surface area contributed by atoms with Crippen LogP contribution in [0.3, 0.4) is 0 Å². The molecule has 0 aliphatic heterocycles. The van der Waals surface area contributed by atoms with Gasteiger partial charge < -0.3 is 9.73 Å². The highest BCUT2D eigenvalue weighted by atomic mass is 35.5. The molecule has 5 heteroatoms. The number of aromatic nitrogens is 2. The van der Waals surface area contributed by atoms with Crippen molar-refractivity contribution in [1.29, 1.82) is 0 Å². The van der Waals surface area contributed by atoms with Gasteiger partial charge in [0.05, 0.1) is 17.8 Å². The van der Waals surface area contributed by atoms with Gasteiger partial charge in [-0.3, -0.25) is 4.68 Å². The fraction of sp³-hybridized carbons (Fsp3) is 0.462. The molecule has 0 bridgehead atoms. The summed E-state index contributed by atoms with van der Waals surface area (Å²) < 4.78 is 7.48. The molecule has 0 saturated heterocycles. The van der Waals surface area contributed by atoms with E-state index in [-0.39, 0.29) is 0 Å². The molecule has 0 unspecified atom stereocenters. The van der Waals surface area contributed by atoms with Crippen molar-refractivity contribution in [3.63, 3.8) is 0 Å². The third-order valence-electron chi connectivity index (χ3n) is 2.73. The molecule has 2 aromatic heterocycles. The minimum absolute atomic E-state index is 0.612. The minimum Gasteiger partial charge on any atom is -0.464 e. The fourth-order valence-electron chi connectivity index (χ4n) is 1.83. The maximum absolute atomic E-state index is 5.82. The van der Waals surface area contributed by atoms with Gasteiger partial charge in [-0.05, 0) is 26.0 Å². The summed E-state index contributed by atoms with van der Waals surface area (Å²) in [5.41, 5.74) is 1.21. The van der Waals surface area contributed by atoms with Crippen molar-refractivity contribution in [2.75, 3.05) is 6.54 Å². The molecule has 0 atom stereocenters. The van der Waals surface area contributed by atoms with Crippen LogP contribution in [0.4, 0.5) is 0 Å². The topological polar surface area (TPSA) is 43.0 Å². The molecule has 4 nitrogen and oxygen atoms in total. The summed E-state index contributed by atoms with van der Waals surface area (Å²) in [6, 6.07) is 2.08. The lowest BCUT2D eigenvalue weighted by Gasteiger charge is -1.99. The summed E-state index contributed by atoms with van der Waals surface area (Å²) in [5.74, 6) is 1.87. The highest BCUT2D eigenvalue weighted by molar-refractivity contribution is 6.30. The second kappa shape index (κ2) is 6.07. The third kappa shape index (κ3) is 3.37. The van der Waals surface area contributed by atoms with Gasteiger partial charge in [-0.15, -0.1) is 0 Å². The van der Waals surface area contributed by atoms with Gasteiger partial charge in [0.1, 0.15) is 11.5 Å². The van der Waals surface area contributed by atoms with Crippen LogP contribution in [0.15, 0.2) is 22.9 Å². The molecule has 0 fully saturated rings. The van der Waals surface area contributed by atoms with Crippen LogP contribution in [0.25, 0.3) is 0 Å². The Morgan fingerprint density at radius 2 is 2.33 bits per heavy atom. The largest absolute Gasteiger partial charge is 0.464 e. The quantitative estimate of drug-likeness (QED) is 0.819.